The standard InChI is InChI=1S/C23H31ClFNO5Si/c1-23(2,3)32(5,6)31-11-7-10-30-17-13-20(22(28)29-4)26(14-17)15-21(27)18-12-16(24)8-9-19(18)25/h8-9,12-14H,7,10-11,15H2,1-6H3. The SMILES string of the molecule is COC(=O)c1cc(OCCCO[Si](C)(C)C(C)(C)C)cn1CC(=O)c1cc(Cl)ccc1F. The highest BCUT2D eigenvalue weighted by atomic mass is 35.5. The molecule has 0 unspecified atom stereocenters. The normalized spacial score (nSPS) is 12.0. The third-order valence-corrected chi connectivity index (χ3v) is 10.4. The van der Waals surface area contributed by atoms with Crippen molar-refractivity contribution in [1.82, 2.24) is 4.57 Å². The van der Waals surface area contributed by atoms with Gasteiger partial charge in [0.2, 0.25) is 0 Å². The molecule has 9 heteroatoms. The number of aromatic nitrogens is 1. The van der Waals surface area contributed by atoms with Crippen LogP contribution in [0.5, 0.6) is 5.75 Å². The molecular formula is C23H31ClFNO5Si. The monoisotopic (exact) mass is 483 g/mol. The Hall–Kier alpha value is -2.16. The smallest absolute Gasteiger partial charge is 0.354 e. The molecule has 0 saturated carbocycles. The number of halogens is 2. The zero-order valence-corrected chi connectivity index (χ0v) is 21.2. The number of rotatable bonds is 10. The maximum Gasteiger partial charge on any atom is 0.354 e. The number of hydrogen-bond acceptors (Lipinski definition) is 5. The van der Waals surface area contributed by atoms with Crippen LogP contribution < -0.4 is 4.74 Å². The molecule has 0 spiro atoms. The van der Waals surface area contributed by atoms with Crippen LogP contribution in [0, 0.1) is 5.82 Å². The summed E-state index contributed by atoms with van der Waals surface area (Å²) in [5, 5.41) is 0.384. The topological polar surface area (TPSA) is 66.8 Å². The average molecular weight is 484 g/mol. The van der Waals surface area contributed by atoms with Gasteiger partial charge in [-0.25, -0.2) is 9.18 Å². The second-order valence-electron chi connectivity index (χ2n) is 9.04. The maximum atomic E-state index is 14.0. The van der Waals surface area contributed by atoms with Crippen molar-refractivity contribution >= 4 is 31.7 Å². The molecule has 0 bridgehead atoms. The van der Waals surface area contributed by atoms with Crippen LogP contribution in [-0.4, -0.2) is 45.0 Å². The van der Waals surface area contributed by atoms with E-state index in [2.05, 4.69) is 33.9 Å². The third kappa shape index (κ3) is 6.67. The number of ether oxygens (including phenoxy) is 2. The van der Waals surface area contributed by atoms with Gasteiger partial charge < -0.3 is 18.5 Å². The van der Waals surface area contributed by atoms with Crippen molar-refractivity contribution in [3.05, 3.63) is 52.6 Å². The Morgan fingerprint density at radius 3 is 2.47 bits per heavy atom. The Bertz CT molecular complexity index is 968. The van der Waals surface area contributed by atoms with E-state index < -0.39 is 25.9 Å². The van der Waals surface area contributed by atoms with Gasteiger partial charge in [0.1, 0.15) is 17.3 Å². The average Bonchev–Trinajstić information content (AvgIpc) is 3.10. The summed E-state index contributed by atoms with van der Waals surface area (Å²) in [6, 6.07) is 5.26. The number of Topliss-reactive ketones (excluding diaryl/α,β-unsaturated/α-hetero) is 1. The van der Waals surface area contributed by atoms with Crippen LogP contribution in [0.1, 0.15) is 48.0 Å². The van der Waals surface area contributed by atoms with Crippen molar-refractivity contribution in [2.45, 2.75) is 51.9 Å². The van der Waals surface area contributed by atoms with Crippen molar-refractivity contribution in [2.75, 3.05) is 20.3 Å². The molecule has 6 nitrogen and oxygen atoms in total. The van der Waals surface area contributed by atoms with Crippen LogP contribution >= 0.6 is 11.6 Å². The molecule has 2 aromatic rings. The predicted octanol–water partition coefficient (Wildman–Crippen LogP) is 5.74. The Labute approximate surface area is 194 Å². The van der Waals surface area contributed by atoms with Crippen molar-refractivity contribution in [3.63, 3.8) is 0 Å². The lowest BCUT2D eigenvalue weighted by Gasteiger charge is -2.36. The van der Waals surface area contributed by atoms with Crippen LogP contribution in [-0.2, 0) is 15.7 Å². The van der Waals surface area contributed by atoms with E-state index >= 15 is 0 Å². The molecular weight excluding hydrogens is 453 g/mol. The predicted molar refractivity (Wildman–Crippen MR) is 125 cm³/mol. The molecule has 0 amide bonds. The van der Waals surface area contributed by atoms with Crippen LogP contribution in [0.3, 0.4) is 0 Å². The molecule has 0 aliphatic carbocycles. The summed E-state index contributed by atoms with van der Waals surface area (Å²) in [7, 11) is -0.570. The van der Waals surface area contributed by atoms with Gasteiger partial charge in [0, 0.05) is 30.3 Å². The van der Waals surface area contributed by atoms with Gasteiger partial charge in [-0.3, -0.25) is 4.79 Å². The first-order valence-corrected chi connectivity index (χ1v) is 13.7. The largest absolute Gasteiger partial charge is 0.492 e. The molecule has 1 aromatic heterocycles. The van der Waals surface area contributed by atoms with Gasteiger partial charge >= 0.3 is 5.97 Å². The van der Waals surface area contributed by atoms with E-state index in [9.17, 15) is 14.0 Å². The minimum atomic E-state index is -1.82. The molecule has 1 heterocycles. The lowest BCUT2D eigenvalue weighted by molar-refractivity contribution is 0.0588. The molecule has 2 rings (SSSR count). The fourth-order valence-electron chi connectivity index (χ4n) is 2.71. The van der Waals surface area contributed by atoms with Crippen molar-refractivity contribution in [1.29, 1.82) is 0 Å². The van der Waals surface area contributed by atoms with Crippen LogP contribution in [0.25, 0.3) is 0 Å². The van der Waals surface area contributed by atoms with Gasteiger partial charge in [-0.05, 0) is 36.3 Å². The van der Waals surface area contributed by atoms with Crippen LogP contribution in [0.15, 0.2) is 30.5 Å². The molecule has 0 N–H and O–H groups in total. The van der Waals surface area contributed by atoms with Crippen LogP contribution in [0.2, 0.25) is 23.2 Å². The summed E-state index contributed by atoms with van der Waals surface area (Å²) in [5.74, 6) is -1.41. The lowest BCUT2D eigenvalue weighted by atomic mass is 10.1. The van der Waals surface area contributed by atoms with Gasteiger partial charge in [0.05, 0.1) is 25.8 Å². The fraction of sp³-hybridized carbons (Fsp3) is 0.478. The van der Waals surface area contributed by atoms with Gasteiger partial charge in [0.15, 0.2) is 14.1 Å². The molecule has 0 atom stereocenters. The summed E-state index contributed by atoms with van der Waals surface area (Å²) in [5.41, 5.74) is -0.0110. The molecule has 0 saturated heterocycles. The number of carbonyl (C=O) groups is 2. The molecule has 0 radical (unpaired) electrons. The lowest BCUT2D eigenvalue weighted by Crippen LogP contribution is -2.41. The highest BCUT2D eigenvalue weighted by Gasteiger charge is 2.36. The van der Waals surface area contributed by atoms with Gasteiger partial charge in [-0.2, -0.15) is 0 Å². The Balaban J connectivity index is 2.04. The van der Waals surface area contributed by atoms with Crippen molar-refractivity contribution < 1.29 is 27.9 Å². The van der Waals surface area contributed by atoms with E-state index in [0.717, 1.165) is 6.07 Å². The molecule has 176 valence electrons. The second kappa shape index (κ2) is 10.6. The Morgan fingerprint density at radius 2 is 1.84 bits per heavy atom. The summed E-state index contributed by atoms with van der Waals surface area (Å²) < 4.78 is 32.1. The number of esters is 1. The van der Waals surface area contributed by atoms with E-state index in [4.69, 9.17) is 25.5 Å². The Morgan fingerprint density at radius 1 is 1.16 bits per heavy atom. The summed E-state index contributed by atoms with van der Waals surface area (Å²) >= 11 is 5.88. The minimum Gasteiger partial charge on any atom is -0.492 e. The molecule has 32 heavy (non-hydrogen) atoms. The first-order chi connectivity index (χ1) is 14.9. The fourth-order valence-corrected chi connectivity index (χ4v) is 3.97. The third-order valence-electron chi connectivity index (χ3n) is 5.64. The highest BCUT2D eigenvalue weighted by molar-refractivity contribution is 6.74. The van der Waals surface area contributed by atoms with Crippen molar-refractivity contribution in [3.8, 4) is 5.75 Å². The van der Waals surface area contributed by atoms with Gasteiger partial charge in [0.25, 0.3) is 0 Å². The van der Waals surface area contributed by atoms with E-state index in [1.165, 1.54) is 36.1 Å². The summed E-state index contributed by atoms with van der Waals surface area (Å²) in [6.07, 6.45) is 2.21. The van der Waals surface area contributed by atoms with E-state index in [-0.39, 0.29) is 27.9 Å². The number of ketones is 1. The molecule has 0 fully saturated rings. The van der Waals surface area contributed by atoms with E-state index in [0.29, 0.717) is 25.4 Å². The van der Waals surface area contributed by atoms with Gasteiger partial charge in [-0.1, -0.05) is 32.4 Å². The number of hydrogen-bond donors (Lipinski definition) is 0. The van der Waals surface area contributed by atoms with E-state index in [1.54, 1.807) is 0 Å². The highest BCUT2D eigenvalue weighted by Crippen LogP contribution is 2.36. The zero-order chi connectivity index (χ0) is 24.1. The maximum absolute atomic E-state index is 14.0. The first kappa shape index (κ1) is 26.1. The number of nitrogens with zero attached hydrogens (tertiary/aromatic N) is 1. The quantitative estimate of drug-likeness (QED) is 0.186. The molecule has 0 aliphatic heterocycles. The Kier molecular flexibility index (Phi) is 8.67. The minimum absolute atomic E-state index is 0.134. The zero-order valence-electron chi connectivity index (χ0n) is 19.5. The first-order valence-electron chi connectivity index (χ1n) is 10.4. The van der Waals surface area contributed by atoms with Crippen LogP contribution in [0.4, 0.5) is 4.39 Å². The summed E-state index contributed by atoms with van der Waals surface area (Å²) in [4.78, 5) is 24.8. The molecule has 0 aliphatic rings. The number of methoxy groups -OCH3 is 1. The van der Waals surface area contributed by atoms with E-state index in [1.807, 2.05) is 0 Å². The number of carbonyl (C=O) groups excluding carboxylic acids is 2. The summed E-state index contributed by atoms with van der Waals surface area (Å²) in [6.45, 7) is 11.6. The second-order valence-corrected chi connectivity index (χ2v) is 14.3. The van der Waals surface area contributed by atoms with Crippen molar-refractivity contribution in [2.24, 2.45) is 0 Å². The molecule has 1 aromatic carbocycles. The van der Waals surface area contributed by atoms with Gasteiger partial charge in [-0.15, -0.1) is 0 Å². The number of benzene rings is 1.